The molecule has 0 unspecified atom stereocenters. The Kier molecular flexibility index (Phi) is 3.20. The zero-order chi connectivity index (χ0) is 13.1. The summed E-state index contributed by atoms with van der Waals surface area (Å²) in [6.45, 7) is 0.466. The Balaban J connectivity index is 1.72. The Labute approximate surface area is 114 Å². The lowest BCUT2D eigenvalue weighted by Gasteiger charge is -2.06. The third-order valence-electron chi connectivity index (χ3n) is 2.74. The molecule has 0 aliphatic heterocycles. The van der Waals surface area contributed by atoms with Crippen LogP contribution in [-0.4, -0.2) is 15.0 Å². The fourth-order valence-corrected chi connectivity index (χ4v) is 2.24. The van der Waals surface area contributed by atoms with Gasteiger partial charge in [0.15, 0.2) is 0 Å². The van der Waals surface area contributed by atoms with Crippen molar-refractivity contribution < 1.29 is 9.53 Å². The number of rotatable bonds is 4. The summed E-state index contributed by atoms with van der Waals surface area (Å²) in [6, 6.07) is 12.9. The van der Waals surface area contributed by atoms with Gasteiger partial charge in [0.2, 0.25) is 0 Å². The first-order valence-electron chi connectivity index (χ1n) is 5.74. The molecule has 19 heavy (non-hydrogen) atoms. The van der Waals surface area contributed by atoms with Gasteiger partial charge >= 0.3 is 0 Å². The van der Waals surface area contributed by atoms with Crippen molar-refractivity contribution in [2.75, 3.05) is 0 Å². The van der Waals surface area contributed by atoms with Gasteiger partial charge in [0.1, 0.15) is 29.7 Å². The van der Waals surface area contributed by atoms with Crippen LogP contribution in [0.2, 0.25) is 0 Å². The number of aromatic nitrogens is 2. The minimum absolute atomic E-state index is 0.466. The first kappa shape index (κ1) is 11.8. The monoisotopic (exact) mass is 270 g/mol. The lowest BCUT2D eigenvalue weighted by molar-refractivity contribution is 0.112. The standard InChI is InChI=1S/C14H10N2O2S/c17-8-10-1-4-12(5-2-10)18-9-11-3-6-13-14(7-11)16-19-15-13/h1-8H,9H2. The van der Waals surface area contributed by atoms with Crippen LogP contribution < -0.4 is 4.74 Å². The number of carbonyl (C=O) groups is 1. The lowest BCUT2D eigenvalue weighted by atomic mass is 10.2. The second-order valence-electron chi connectivity index (χ2n) is 4.06. The number of ether oxygens (including phenoxy) is 1. The van der Waals surface area contributed by atoms with E-state index in [1.807, 2.05) is 18.2 Å². The summed E-state index contributed by atoms with van der Waals surface area (Å²) in [5, 5.41) is 0. The van der Waals surface area contributed by atoms with E-state index in [1.165, 1.54) is 11.7 Å². The molecule has 0 saturated heterocycles. The summed E-state index contributed by atoms with van der Waals surface area (Å²) in [5.41, 5.74) is 3.48. The minimum Gasteiger partial charge on any atom is -0.489 e. The van der Waals surface area contributed by atoms with E-state index >= 15 is 0 Å². The third-order valence-corrected chi connectivity index (χ3v) is 3.30. The van der Waals surface area contributed by atoms with Crippen LogP contribution in [0.15, 0.2) is 42.5 Å². The van der Waals surface area contributed by atoms with E-state index < -0.39 is 0 Å². The molecule has 3 rings (SSSR count). The third kappa shape index (κ3) is 2.61. The maximum atomic E-state index is 10.5. The van der Waals surface area contributed by atoms with Crippen molar-refractivity contribution in [1.82, 2.24) is 8.75 Å². The second kappa shape index (κ2) is 5.16. The molecule has 0 atom stereocenters. The minimum atomic E-state index is 0.466. The average molecular weight is 270 g/mol. The van der Waals surface area contributed by atoms with Gasteiger partial charge in [0.25, 0.3) is 0 Å². The van der Waals surface area contributed by atoms with Gasteiger partial charge in [-0.15, -0.1) is 0 Å². The highest BCUT2D eigenvalue weighted by Gasteiger charge is 2.01. The van der Waals surface area contributed by atoms with Crippen molar-refractivity contribution >= 4 is 29.0 Å². The molecule has 1 heterocycles. The van der Waals surface area contributed by atoms with E-state index in [9.17, 15) is 4.79 Å². The van der Waals surface area contributed by atoms with Crippen molar-refractivity contribution in [3.05, 3.63) is 53.6 Å². The molecule has 5 heteroatoms. The van der Waals surface area contributed by atoms with E-state index in [0.29, 0.717) is 12.2 Å². The van der Waals surface area contributed by atoms with Crippen LogP contribution >= 0.6 is 11.7 Å². The van der Waals surface area contributed by atoms with Crippen LogP contribution in [0.3, 0.4) is 0 Å². The van der Waals surface area contributed by atoms with E-state index in [-0.39, 0.29) is 0 Å². The average Bonchev–Trinajstić information content (AvgIpc) is 2.93. The number of aldehydes is 1. The molecule has 4 nitrogen and oxygen atoms in total. The SMILES string of the molecule is O=Cc1ccc(OCc2ccc3nsnc3c2)cc1. The number of fused-ring (bicyclic) bond motifs is 1. The zero-order valence-corrected chi connectivity index (χ0v) is 10.8. The molecule has 94 valence electrons. The Morgan fingerprint density at radius 3 is 2.63 bits per heavy atom. The molecule has 0 N–H and O–H groups in total. The summed E-state index contributed by atoms with van der Waals surface area (Å²) in [4.78, 5) is 10.5. The fourth-order valence-electron chi connectivity index (χ4n) is 1.73. The topological polar surface area (TPSA) is 52.1 Å². The first-order chi connectivity index (χ1) is 9.35. The quantitative estimate of drug-likeness (QED) is 0.684. The van der Waals surface area contributed by atoms with Crippen LogP contribution in [0, 0.1) is 0 Å². The van der Waals surface area contributed by atoms with Gasteiger partial charge in [-0.3, -0.25) is 4.79 Å². The van der Waals surface area contributed by atoms with E-state index in [1.54, 1.807) is 24.3 Å². The molecule has 0 aliphatic rings. The molecule has 0 spiro atoms. The molecule has 0 radical (unpaired) electrons. The number of nitrogens with zero attached hydrogens (tertiary/aromatic N) is 2. The molecule has 0 bridgehead atoms. The van der Waals surface area contributed by atoms with E-state index in [2.05, 4.69) is 8.75 Å². The highest BCUT2D eigenvalue weighted by molar-refractivity contribution is 7.00. The Morgan fingerprint density at radius 2 is 1.84 bits per heavy atom. The van der Waals surface area contributed by atoms with Crippen molar-refractivity contribution in [3.8, 4) is 5.75 Å². The van der Waals surface area contributed by atoms with Gasteiger partial charge in [-0.1, -0.05) is 6.07 Å². The van der Waals surface area contributed by atoms with E-state index in [0.717, 1.165) is 28.6 Å². The largest absolute Gasteiger partial charge is 0.489 e. The zero-order valence-electron chi connectivity index (χ0n) is 9.95. The van der Waals surface area contributed by atoms with Crippen LogP contribution in [0.5, 0.6) is 5.75 Å². The normalized spacial score (nSPS) is 10.5. The van der Waals surface area contributed by atoms with Crippen molar-refractivity contribution in [3.63, 3.8) is 0 Å². The predicted octanol–water partition coefficient (Wildman–Crippen LogP) is 3.08. The number of carbonyl (C=O) groups excluding carboxylic acids is 1. The van der Waals surface area contributed by atoms with Crippen LogP contribution in [-0.2, 0) is 6.61 Å². The molecule has 3 aromatic rings. The van der Waals surface area contributed by atoms with E-state index in [4.69, 9.17) is 4.74 Å². The smallest absolute Gasteiger partial charge is 0.150 e. The predicted molar refractivity (Wildman–Crippen MR) is 73.6 cm³/mol. The number of hydrogen-bond acceptors (Lipinski definition) is 5. The summed E-state index contributed by atoms with van der Waals surface area (Å²) >= 11 is 1.21. The Bertz CT molecular complexity index is 707. The Morgan fingerprint density at radius 1 is 1.05 bits per heavy atom. The highest BCUT2D eigenvalue weighted by Crippen LogP contribution is 2.17. The Hall–Kier alpha value is -2.27. The van der Waals surface area contributed by atoms with Gasteiger partial charge in [-0.05, 0) is 42.0 Å². The first-order valence-corrected chi connectivity index (χ1v) is 6.47. The summed E-state index contributed by atoms with van der Waals surface area (Å²) < 4.78 is 14.0. The maximum absolute atomic E-state index is 10.5. The molecule has 0 fully saturated rings. The molecule has 1 aromatic heterocycles. The van der Waals surface area contributed by atoms with Crippen molar-refractivity contribution in [2.24, 2.45) is 0 Å². The van der Waals surface area contributed by atoms with Gasteiger partial charge in [0.05, 0.1) is 11.7 Å². The molecule has 0 aliphatic carbocycles. The molecule has 0 amide bonds. The highest BCUT2D eigenvalue weighted by atomic mass is 32.1. The van der Waals surface area contributed by atoms with Gasteiger partial charge in [0, 0.05) is 5.56 Å². The molecular formula is C14H10N2O2S. The number of benzene rings is 2. The molecule has 2 aromatic carbocycles. The summed E-state index contributed by atoms with van der Waals surface area (Å²) in [5.74, 6) is 0.738. The summed E-state index contributed by atoms with van der Waals surface area (Å²) in [6.07, 6.45) is 0.812. The maximum Gasteiger partial charge on any atom is 0.150 e. The summed E-state index contributed by atoms with van der Waals surface area (Å²) in [7, 11) is 0. The number of hydrogen-bond donors (Lipinski definition) is 0. The van der Waals surface area contributed by atoms with Crippen molar-refractivity contribution in [2.45, 2.75) is 6.61 Å². The fraction of sp³-hybridized carbons (Fsp3) is 0.0714. The molecule has 0 saturated carbocycles. The molecular weight excluding hydrogens is 260 g/mol. The van der Waals surface area contributed by atoms with Crippen LogP contribution in [0.4, 0.5) is 0 Å². The van der Waals surface area contributed by atoms with Crippen molar-refractivity contribution in [1.29, 1.82) is 0 Å². The second-order valence-corrected chi connectivity index (χ2v) is 4.59. The lowest BCUT2D eigenvalue weighted by Crippen LogP contribution is -1.95. The van der Waals surface area contributed by atoms with Crippen LogP contribution in [0.25, 0.3) is 11.0 Å². The van der Waals surface area contributed by atoms with Gasteiger partial charge in [-0.2, -0.15) is 8.75 Å². The van der Waals surface area contributed by atoms with Gasteiger partial charge < -0.3 is 4.74 Å². The van der Waals surface area contributed by atoms with Gasteiger partial charge in [-0.25, -0.2) is 0 Å². The van der Waals surface area contributed by atoms with Crippen LogP contribution in [0.1, 0.15) is 15.9 Å².